The van der Waals surface area contributed by atoms with Gasteiger partial charge in [0.15, 0.2) is 5.96 Å². The summed E-state index contributed by atoms with van der Waals surface area (Å²) in [6.45, 7) is 8.06. The number of halogens is 4. The van der Waals surface area contributed by atoms with Crippen LogP contribution in [0.5, 0.6) is 0 Å². The minimum Gasteiger partial charge on any atom is -0.379 e. The first-order valence-electron chi connectivity index (χ1n) is 10.6. The molecule has 1 aromatic rings. The highest BCUT2D eigenvalue weighted by Crippen LogP contribution is 2.31. The predicted molar refractivity (Wildman–Crippen MR) is 127 cm³/mol. The average Bonchev–Trinajstić information content (AvgIpc) is 3.20. The SMILES string of the molecule is CCN1CCCC1CNC(N)=NCC(c1ccc(C(F)(F)F)cc1)N1CCOCC1.I. The van der Waals surface area contributed by atoms with Gasteiger partial charge in [0.25, 0.3) is 0 Å². The van der Waals surface area contributed by atoms with Crippen LogP contribution >= 0.6 is 24.0 Å². The Balaban J connectivity index is 0.00000341. The van der Waals surface area contributed by atoms with E-state index in [1.54, 1.807) is 12.1 Å². The maximum Gasteiger partial charge on any atom is 0.416 e. The van der Waals surface area contributed by atoms with E-state index in [0.29, 0.717) is 44.8 Å². The minimum atomic E-state index is -4.34. The maximum absolute atomic E-state index is 12.9. The highest BCUT2D eigenvalue weighted by atomic mass is 127. The van der Waals surface area contributed by atoms with Crippen LogP contribution in [0, 0.1) is 0 Å². The molecule has 0 aliphatic carbocycles. The summed E-state index contributed by atoms with van der Waals surface area (Å²) in [4.78, 5) is 9.14. The van der Waals surface area contributed by atoms with E-state index in [0.717, 1.165) is 43.8 Å². The molecule has 0 aromatic heterocycles. The highest BCUT2D eigenvalue weighted by molar-refractivity contribution is 14.0. The number of nitrogens with two attached hydrogens (primary N) is 1. The van der Waals surface area contributed by atoms with Gasteiger partial charge in [0, 0.05) is 25.7 Å². The van der Waals surface area contributed by atoms with Crippen LogP contribution in [-0.4, -0.2) is 74.3 Å². The summed E-state index contributed by atoms with van der Waals surface area (Å²) in [6, 6.07) is 5.67. The molecule has 0 bridgehead atoms. The van der Waals surface area contributed by atoms with E-state index in [-0.39, 0.29) is 30.0 Å². The largest absolute Gasteiger partial charge is 0.416 e. The number of hydrogen-bond acceptors (Lipinski definition) is 4. The first-order chi connectivity index (χ1) is 14.4. The fraction of sp³-hybridized carbons (Fsp3) is 0.667. The first-order valence-corrected chi connectivity index (χ1v) is 10.6. The number of guanidine groups is 1. The molecule has 2 aliphatic rings. The van der Waals surface area contributed by atoms with Gasteiger partial charge in [0.1, 0.15) is 0 Å². The Morgan fingerprint density at radius 2 is 1.90 bits per heavy atom. The molecule has 3 N–H and O–H groups in total. The van der Waals surface area contributed by atoms with Crippen LogP contribution in [0.25, 0.3) is 0 Å². The van der Waals surface area contributed by atoms with Crippen molar-refractivity contribution < 1.29 is 17.9 Å². The molecule has 2 saturated heterocycles. The molecule has 0 saturated carbocycles. The van der Waals surface area contributed by atoms with E-state index in [9.17, 15) is 13.2 Å². The Kier molecular flexibility index (Phi) is 10.3. The second kappa shape index (κ2) is 12.2. The van der Waals surface area contributed by atoms with Crippen molar-refractivity contribution in [2.45, 2.75) is 38.0 Å². The highest BCUT2D eigenvalue weighted by Gasteiger charge is 2.31. The van der Waals surface area contributed by atoms with Crippen molar-refractivity contribution in [3.8, 4) is 0 Å². The number of aliphatic imine (C=N–C) groups is 1. The van der Waals surface area contributed by atoms with Crippen LogP contribution in [-0.2, 0) is 10.9 Å². The Hall–Kier alpha value is -1.11. The molecular formula is C21H33F3IN5O. The summed E-state index contributed by atoms with van der Waals surface area (Å²) in [6.07, 6.45) is -1.99. The summed E-state index contributed by atoms with van der Waals surface area (Å²) in [7, 11) is 0. The number of morpholine rings is 1. The topological polar surface area (TPSA) is 66.1 Å². The van der Waals surface area contributed by atoms with E-state index in [1.165, 1.54) is 6.42 Å². The summed E-state index contributed by atoms with van der Waals surface area (Å²) >= 11 is 0. The Morgan fingerprint density at radius 1 is 1.23 bits per heavy atom. The zero-order chi connectivity index (χ0) is 21.6. The number of benzene rings is 1. The van der Waals surface area contributed by atoms with Crippen molar-refractivity contribution in [2.75, 3.05) is 52.5 Å². The predicted octanol–water partition coefficient (Wildman–Crippen LogP) is 3.09. The summed E-state index contributed by atoms with van der Waals surface area (Å²) in [5.74, 6) is 0.378. The number of nitrogens with zero attached hydrogens (tertiary/aromatic N) is 3. The van der Waals surface area contributed by atoms with Crippen molar-refractivity contribution in [3.63, 3.8) is 0 Å². The third kappa shape index (κ3) is 7.47. The van der Waals surface area contributed by atoms with Gasteiger partial charge in [0.05, 0.1) is 31.4 Å². The maximum atomic E-state index is 12.9. The molecule has 1 aromatic carbocycles. The number of hydrogen-bond donors (Lipinski definition) is 2. The normalized spacial score (nSPS) is 22.2. The van der Waals surface area contributed by atoms with Crippen LogP contribution in [0.1, 0.15) is 36.9 Å². The summed E-state index contributed by atoms with van der Waals surface area (Å²) in [5.41, 5.74) is 6.26. The van der Waals surface area contributed by atoms with Gasteiger partial charge in [-0.05, 0) is 43.6 Å². The Labute approximate surface area is 199 Å². The van der Waals surface area contributed by atoms with E-state index >= 15 is 0 Å². The number of alkyl halides is 3. The van der Waals surface area contributed by atoms with Crippen LogP contribution in [0.4, 0.5) is 13.2 Å². The van der Waals surface area contributed by atoms with Crippen molar-refractivity contribution in [1.29, 1.82) is 0 Å². The first kappa shape index (κ1) is 26.1. The Morgan fingerprint density at radius 3 is 2.52 bits per heavy atom. The molecule has 0 radical (unpaired) electrons. The number of likely N-dealkylation sites (tertiary alicyclic amines) is 1. The molecule has 2 fully saturated rings. The van der Waals surface area contributed by atoms with Gasteiger partial charge in [-0.15, -0.1) is 24.0 Å². The fourth-order valence-electron chi connectivity index (χ4n) is 4.22. The molecule has 3 rings (SSSR count). The lowest BCUT2D eigenvalue weighted by Gasteiger charge is -2.34. The van der Waals surface area contributed by atoms with Gasteiger partial charge in [-0.3, -0.25) is 14.8 Å². The second-order valence-corrected chi connectivity index (χ2v) is 7.82. The number of nitrogens with one attached hydrogen (secondary N) is 1. The molecule has 2 aliphatic heterocycles. The molecule has 0 spiro atoms. The second-order valence-electron chi connectivity index (χ2n) is 7.82. The standard InChI is InChI=1S/C21H32F3N5O.HI/c1-2-28-9-3-4-18(28)14-26-20(25)27-15-19(29-10-12-30-13-11-29)16-5-7-17(8-6-16)21(22,23)24;/h5-8,18-19H,2-4,9-15H2,1H3,(H3,25,26,27);1H. The third-order valence-corrected chi connectivity index (χ3v) is 5.97. The average molecular weight is 555 g/mol. The summed E-state index contributed by atoms with van der Waals surface area (Å²) < 4.78 is 44.2. The number of rotatable bonds is 7. The van der Waals surface area contributed by atoms with Crippen molar-refractivity contribution in [3.05, 3.63) is 35.4 Å². The minimum absolute atomic E-state index is 0. The van der Waals surface area contributed by atoms with E-state index < -0.39 is 11.7 Å². The lowest BCUT2D eigenvalue weighted by Crippen LogP contribution is -2.43. The molecule has 10 heteroatoms. The van der Waals surface area contributed by atoms with E-state index in [2.05, 4.69) is 27.0 Å². The lowest BCUT2D eigenvalue weighted by molar-refractivity contribution is -0.137. The van der Waals surface area contributed by atoms with Gasteiger partial charge >= 0.3 is 6.18 Å². The molecule has 2 unspecified atom stereocenters. The van der Waals surface area contributed by atoms with Gasteiger partial charge < -0.3 is 15.8 Å². The van der Waals surface area contributed by atoms with Crippen molar-refractivity contribution in [1.82, 2.24) is 15.1 Å². The number of ether oxygens (including phenoxy) is 1. The van der Waals surface area contributed by atoms with Gasteiger partial charge in [-0.25, -0.2) is 0 Å². The van der Waals surface area contributed by atoms with Gasteiger partial charge in [-0.1, -0.05) is 19.1 Å². The van der Waals surface area contributed by atoms with Crippen molar-refractivity contribution in [2.24, 2.45) is 10.7 Å². The zero-order valence-corrected chi connectivity index (χ0v) is 20.2. The van der Waals surface area contributed by atoms with E-state index in [4.69, 9.17) is 10.5 Å². The molecule has 176 valence electrons. The molecule has 31 heavy (non-hydrogen) atoms. The molecule has 2 atom stereocenters. The van der Waals surface area contributed by atoms with Gasteiger partial charge in [-0.2, -0.15) is 13.2 Å². The van der Waals surface area contributed by atoms with Crippen LogP contribution in [0.3, 0.4) is 0 Å². The zero-order valence-electron chi connectivity index (χ0n) is 17.9. The van der Waals surface area contributed by atoms with Crippen LogP contribution < -0.4 is 11.1 Å². The Bertz CT molecular complexity index is 695. The van der Waals surface area contributed by atoms with Crippen molar-refractivity contribution >= 4 is 29.9 Å². The smallest absolute Gasteiger partial charge is 0.379 e. The van der Waals surface area contributed by atoms with Gasteiger partial charge in [0.2, 0.25) is 0 Å². The molecule has 0 amide bonds. The number of likely N-dealkylation sites (N-methyl/N-ethyl adjacent to an activating group) is 1. The molecule has 2 heterocycles. The third-order valence-electron chi connectivity index (χ3n) is 5.97. The fourth-order valence-corrected chi connectivity index (χ4v) is 4.22. The van der Waals surface area contributed by atoms with Crippen LogP contribution in [0.2, 0.25) is 0 Å². The van der Waals surface area contributed by atoms with Crippen LogP contribution in [0.15, 0.2) is 29.3 Å². The molecular weight excluding hydrogens is 522 g/mol. The molecule has 6 nitrogen and oxygen atoms in total. The van der Waals surface area contributed by atoms with E-state index in [1.807, 2.05) is 0 Å². The quantitative estimate of drug-likeness (QED) is 0.308. The summed E-state index contributed by atoms with van der Waals surface area (Å²) in [5, 5.41) is 3.22. The lowest BCUT2D eigenvalue weighted by atomic mass is 10.0. The monoisotopic (exact) mass is 555 g/mol.